The zero-order chi connectivity index (χ0) is 17.6. The average Bonchev–Trinajstić information content (AvgIpc) is 2.67. The molecule has 1 aromatic carbocycles. The Morgan fingerprint density at radius 2 is 2.08 bits per heavy atom. The van der Waals surface area contributed by atoms with Crippen molar-refractivity contribution in [2.24, 2.45) is 0 Å². The molecule has 3 rings (SSSR count). The number of piperazine rings is 1. The quantitative estimate of drug-likeness (QED) is 0.928. The lowest BCUT2D eigenvalue weighted by Gasteiger charge is -2.40. The predicted molar refractivity (Wildman–Crippen MR) is 96.4 cm³/mol. The highest BCUT2D eigenvalue weighted by Crippen LogP contribution is 2.24. The van der Waals surface area contributed by atoms with E-state index < -0.39 is 0 Å². The fraction of sp³-hybridized carbons (Fsp3) is 0.368. The van der Waals surface area contributed by atoms with E-state index in [1.807, 2.05) is 35.2 Å². The Kier molecular flexibility index (Phi) is 5.50. The van der Waals surface area contributed by atoms with E-state index in [1.165, 1.54) is 0 Å². The van der Waals surface area contributed by atoms with E-state index in [0.717, 1.165) is 24.2 Å². The van der Waals surface area contributed by atoms with E-state index in [4.69, 9.17) is 4.74 Å². The number of urea groups is 1. The van der Waals surface area contributed by atoms with Gasteiger partial charge in [0.15, 0.2) is 0 Å². The minimum Gasteiger partial charge on any atom is -0.481 e. The summed E-state index contributed by atoms with van der Waals surface area (Å²) in [5.74, 6) is 0.550. The molecule has 132 valence electrons. The normalized spacial score (nSPS) is 18.0. The molecule has 1 atom stereocenters. The van der Waals surface area contributed by atoms with Crippen molar-refractivity contribution in [1.29, 1.82) is 0 Å². The Bertz CT molecular complexity index is 708. The van der Waals surface area contributed by atoms with Crippen LogP contribution in [0.3, 0.4) is 0 Å². The lowest BCUT2D eigenvalue weighted by Crippen LogP contribution is -2.52. The molecule has 6 heteroatoms. The Balaban J connectivity index is 1.68. The molecule has 2 heterocycles. The van der Waals surface area contributed by atoms with Crippen LogP contribution in [0.2, 0.25) is 0 Å². The second-order valence-electron chi connectivity index (χ2n) is 6.25. The molecule has 1 N–H and O–H groups in total. The molecule has 1 fully saturated rings. The third-order valence-electron chi connectivity index (χ3n) is 4.48. The van der Waals surface area contributed by atoms with E-state index in [9.17, 15) is 4.79 Å². The van der Waals surface area contributed by atoms with Gasteiger partial charge in [-0.3, -0.25) is 0 Å². The number of nitrogens with one attached hydrogen (secondary N) is 1. The summed E-state index contributed by atoms with van der Waals surface area (Å²) in [6.45, 7) is 2.87. The van der Waals surface area contributed by atoms with Gasteiger partial charge >= 0.3 is 6.03 Å². The van der Waals surface area contributed by atoms with Crippen LogP contribution in [0.5, 0.6) is 5.88 Å². The van der Waals surface area contributed by atoms with Gasteiger partial charge in [0.25, 0.3) is 0 Å². The van der Waals surface area contributed by atoms with Gasteiger partial charge in [0.1, 0.15) is 0 Å². The van der Waals surface area contributed by atoms with Crippen LogP contribution in [0.1, 0.15) is 17.2 Å². The standard InChI is InChI=1S/C19H24N4O2/c1-22-10-11-23(17(14-22)16-6-4-3-5-7-16)19(24)21-13-15-8-9-20-18(12-15)25-2/h3-9,12,17H,10-11,13-14H2,1-2H3,(H,21,24)/t17-/m0/s1. The number of aromatic nitrogens is 1. The highest BCUT2D eigenvalue weighted by Gasteiger charge is 2.29. The zero-order valence-electron chi connectivity index (χ0n) is 14.7. The first kappa shape index (κ1) is 17.2. The van der Waals surface area contributed by atoms with Crippen molar-refractivity contribution in [2.45, 2.75) is 12.6 Å². The number of benzene rings is 1. The van der Waals surface area contributed by atoms with Gasteiger partial charge in [-0.05, 0) is 24.2 Å². The maximum absolute atomic E-state index is 12.8. The van der Waals surface area contributed by atoms with E-state index in [-0.39, 0.29) is 12.1 Å². The van der Waals surface area contributed by atoms with Crippen LogP contribution in [-0.4, -0.2) is 54.6 Å². The lowest BCUT2D eigenvalue weighted by atomic mass is 10.0. The van der Waals surface area contributed by atoms with Crippen LogP contribution in [0.25, 0.3) is 0 Å². The molecule has 6 nitrogen and oxygen atoms in total. The molecule has 25 heavy (non-hydrogen) atoms. The van der Waals surface area contributed by atoms with Crippen molar-refractivity contribution < 1.29 is 9.53 Å². The molecule has 1 aliphatic heterocycles. The Hall–Kier alpha value is -2.60. The van der Waals surface area contributed by atoms with E-state index in [2.05, 4.69) is 34.4 Å². The fourth-order valence-electron chi connectivity index (χ4n) is 3.07. The second kappa shape index (κ2) is 7.98. The molecule has 0 aliphatic carbocycles. The molecule has 2 amide bonds. The highest BCUT2D eigenvalue weighted by molar-refractivity contribution is 5.75. The topological polar surface area (TPSA) is 57.7 Å². The van der Waals surface area contributed by atoms with Gasteiger partial charge in [0, 0.05) is 38.4 Å². The monoisotopic (exact) mass is 340 g/mol. The zero-order valence-corrected chi connectivity index (χ0v) is 14.7. The van der Waals surface area contributed by atoms with Gasteiger partial charge in [-0.2, -0.15) is 0 Å². The fourth-order valence-corrected chi connectivity index (χ4v) is 3.07. The minimum absolute atomic E-state index is 0.0438. The summed E-state index contributed by atoms with van der Waals surface area (Å²) in [6, 6.07) is 13.9. The van der Waals surface area contributed by atoms with Gasteiger partial charge in [-0.1, -0.05) is 30.3 Å². The first-order valence-electron chi connectivity index (χ1n) is 8.44. The van der Waals surface area contributed by atoms with Crippen LogP contribution in [0.15, 0.2) is 48.7 Å². The number of likely N-dealkylation sites (N-methyl/N-ethyl adjacent to an activating group) is 1. The highest BCUT2D eigenvalue weighted by atomic mass is 16.5. The molecule has 2 aromatic rings. The van der Waals surface area contributed by atoms with Crippen LogP contribution >= 0.6 is 0 Å². The predicted octanol–water partition coefficient (Wildman–Crippen LogP) is 2.29. The summed E-state index contributed by atoms with van der Waals surface area (Å²) in [5.41, 5.74) is 2.13. The molecule has 0 saturated carbocycles. The molecule has 0 spiro atoms. The van der Waals surface area contributed by atoms with Gasteiger partial charge in [-0.15, -0.1) is 0 Å². The van der Waals surface area contributed by atoms with Crippen LogP contribution < -0.4 is 10.1 Å². The summed E-state index contributed by atoms with van der Waals surface area (Å²) >= 11 is 0. The number of hydrogen-bond acceptors (Lipinski definition) is 4. The number of carbonyl (C=O) groups excluding carboxylic acids is 1. The van der Waals surface area contributed by atoms with Crippen molar-refractivity contribution in [2.75, 3.05) is 33.8 Å². The second-order valence-corrected chi connectivity index (χ2v) is 6.25. The maximum atomic E-state index is 12.8. The van der Waals surface area contributed by atoms with Crippen molar-refractivity contribution in [3.05, 3.63) is 59.8 Å². The van der Waals surface area contributed by atoms with Gasteiger partial charge in [0.2, 0.25) is 5.88 Å². The van der Waals surface area contributed by atoms with Gasteiger partial charge in [0.05, 0.1) is 13.2 Å². The van der Waals surface area contributed by atoms with Crippen LogP contribution in [-0.2, 0) is 6.54 Å². The van der Waals surface area contributed by atoms with Crippen molar-refractivity contribution in [1.82, 2.24) is 20.1 Å². The minimum atomic E-state index is -0.0438. The number of methoxy groups -OCH3 is 1. The molecule has 1 saturated heterocycles. The molecule has 1 aliphatic rings. The average molecular weight is 340 g/mol. The summed E-state index contributed by atoms with van der Waals surface area (Å²) in [4.78, 5) is 21.0. The molecule has 1 aromatic heterocycles. The maximum Gasteiger partial charge on any atom is 0.318 e. The SMILES string of the molecule is COc1cc(CNC(=O)N2CCN(C)C[C@H]2c2ccccc2)ccn1. The summed E-state index contributed by atoms with van der Waals surface area (Å²) in [5, 5.41) is 3.02. The van der Waals surface area contributed by atoms with Crippen LogP contribution in [0.4, 0.5) is 4.79 Å². The number of amides is 2. The third-order valence-corrected chi connectivity index (χ3v) is 4.48. The summed E-state index contributed by atoms with van der Waals surface area (Å²) < 4.78 is 5.12. The molecular weight excluding hydrogens is 316 g/mol. The largest absolute Gasteiger partial charge is 0.481 e. The van der Waals surface area contributed by atoms with Crippen molar-refractivity contribution >= 4 is 6.03 Å². The van der Waals surface area contributed by atoms with E-state index in [1.54, 1.807) is 13.3 Å². The molecule has 0 unspecified atom stereocenters. The molecule has 0 bridgehead atoms. The van der Waals surface area contributed by atoms with Crippen molar-refractivity contribution in [3.63, 3.8) is 0 Å². The smallest absolute Gasteiger partial charge is 0.318 e. The molecule has 0 radical (unpaired) electrons. The van der Waals surface area contributed by atoms with Crippen molar-refractivity contribution in [3.8, 4) is 5.88 Å². The van der Waals surface area contributed by atoms with E-state index in [0.29, 0.717) is 19.0 Å². The summed E-state index contributed by atoms with van der Waals surface area (Å²) in [7, 11) is 3.67. The molecular formula is C19H24N4O2. The van der Waals surface area contributed by atoms with Gasteiger partial charge < -0.3 is 19.9 Å². The van der Waals surface area contributed by atoms with Gasteiger partial charge in [-0.25, -0.2) is 9.78 Å². The third kappa shape index (κ3) is 4.28. The number of carbonyl (C=O) groups is 1. The van der Waals surface area contributed by atoms with E-state index >= 15 is 0 Å². The number of pyridine rings is 1. The first-order valence-corrected chi connectivity index (χ1v) is 8.44. The first-order chi connectivity index (χ1) is 12.2. The van der Waals surface area contributed by atoms with Crippen LogP contribution in [0, 0.1) is 0 Å². The summed E-state index contributed by atoms with van der Waals surface area (Å²) in [6.07, 6.45) is 1.68. The Morgan fingerprint density at radius 3 is 2.84 bits per heavy atom. The number of hydrogen-bond donors (Lipinski definition) is 1. The lowest BCUT2D eigenvalue weighted by molar-refractivity contribution is 0.108. The number of rotatable bonds is 4. The Labute approximate surface area is 148 Å². The Morgan fingerprint density at radius 1 is 1.28 bits per heavy atom. The number of nitrogens with zero attached hydrogens (tertiary/aromatic N) is 3. The number of ether oxygens (including phenoxy) is 1.